The van der Waals surface area contributed by atoms with Crippen LogP contribution in [0.3, 0.4) is 0 Å². The minimum Gasteiger partial charge on any atom is -0.481 e. The molecule has 0 unspecified atom stereocenters. The van der Waals surface area contributed by atoms with E-state index in [0.717, 1.165) is 0 Å². The molecule has 1 aromatic carbocycles. The highest BCUT2D eigenvalue weighted by molar-refractivity contribution is 7.91. The molecule has 0 saturated heterocycles. The Labute approximate surface area is 88.5 Å². The van der Waals surface area contributed by atoms with Crippen LogP contribution in [0.4, 0.5) is 0 Å². The molecule has 0 aliphatic rings. The van der Waals surface area contributed by atoms with Crippen LogP contribution in [-0.4, -0.2) is 25.2 Å². The first-order valence-electron chi connectivity index (χ1n) is 4.52. The Hall–Kier alpha value is -1.36. The number of benzene rings is 1. The van der Waals surface area contributed by atoms with Crippen molar-refractivity contribution in [3.63, 3.8) is 0 Å². The van der Waals surface area contributed by atoms with E-state index in [1.807, 2.05) is 0 Å². The summed E-state index contributed by atoms with van der Waals surface area (Å²) in [4.78, 5) is 10.5. The van der Waals surface area contributed by atoms with Crippen LogP contribution in [0.25, 0.3) is 0 Å². The van der Waals surface area contributed by atoms with Crippen molar-refractivity contribution in [3.8, 4) is 0 Å². The van der Waals surface area contributed by atoms with Crippen molar-refractivity contribution in [3.05, 3.63) is 30.3 Å². The van der Waals surface area contributed by atoms with Crippen molar-refractivity contribution < 1.29 is 18.3 Å². The monoisotopic (exact) mass is 228 g/mol. The van der Waals surface area contributed by atoms with Crippen LogP contribution in [-0.2, 0) is 14.6 Å². The largest absolute Gasteiger partial charge is 0.481 e. The van der Waals surface area contributed by atoms with Gasteiger partial charge in [-0.15, -0.1) is 0 Å². The number of carboxylic acids is 1. The summed E-state index contributed by atoms with van der Waals surface area (Å²) in [6.07, 6.45) is 0.0264. The van der Waals surface area contributed by atoms with E-state index in [9.17, 15) is 13.2 Å². The van der Waals surface area contributed by atoms with Gasteiger partial charge in [0.05, 0.1) is 10.6 Å². The SMILES string of the molecule is O=C(O)CCCS(=O)(=O)c1ccccc1. The van der Waals surface area contributed by atoms with Gasteiger partial charge in [0.1, 0.15) is 0 Å². The molecule has 1 N–H and O–H groups in total. The Bertz CT molecular complexity index is 422. The lowest BCUT2D eigenvalue weighted by Gasteiger charge is -2.02. The van der Waals surface area contributed by atoms with Crippen molar-refractivity contribution in [1.29, 1.82) is 0 Å². The summed E-state index contributed by atoms with van der Waals surface area (Å²) in [6.45, 7) is 0. The molecule has 0 heterocycles. The molecule has 1 rings (SSSR count). The van der Waals surface area contributed by atoms with Gasteiger partial charge in [-0.1, -0.05) is 18.2 Å². The summed E-state index contributed by atoms with van der Waals surface area (Å²) in [7, 11) is -3.32. The van der Waals surface area contributed by atoms with Gasteiger partial charge in [0.25, 0.3) is 0 Å². The van der Waals surface area contributed by atoms with E-state index >= 15 is 0 Å². The van der Waals surface area contributed by atoms with Gasteiger partial charge in [0.15, 0.2) is 9.84 Å². The Morgan fingerprint density at radius 1 is 1.20 bits per heavy atom. The smallest absolute Gasteiger partial charge is 0.303 e. The third kappa shape index (κ3) is 3.71. The molecule has 5 heteroatoms. The van der Waals surface area contributed by atoms with Crippen LogP contribution in [0.5, 0.6) is 0 Å². The minimum absolute atomic E-state index is 0.119. The second-order valence-corrected chi connectivity index (χ2v) is 5.24. The zero-order chi connectivity index (χ0) is 11.3. The molecule has 15 heavy (non-hydrogen) atoms. The molecule has 0 aliphatic heterocycles. The minimum atomic E-state index is -3.32. The molecule has 0 amide bonds. The summed E-state index contributed by atoms with van der Waals surface area (Å²) in [5.41, 5.74) is 0. The van der Waals surface area contributed by atoms with Crippen LogP contribution in [0.15, 0.2) is 35.2 Å². The van der Waals surface area contributed by atoms with Crippen LogP contribution in [0.2, 0.25) is 0 Å². The van der Waals surface area contributed by atoms with Crippen molar-refractivity contribution >= 4 is 15.8 Å². The summed E-state index contributed by atoms with van der Waals surface area (Å²) < 4.78 is 23.2. The first-order valence-corrected chi connectivity index (χ1v) is 6.17. The van der Waals surface area contributed by atoms with Crippen LogP contribution < -0.4 is 0 Å². The number of sulfone groups is 1. The number of carboxylic acid groups (broad SMARTS) is 1. The molecule has 0 bridgehead atoms. The summed E-state index contributed by atoms with van der Waals surface area (Å²) in [6, 6.07) is 8.04. The topological polar surface area (TPSA) is 71.4 Å². The summed E-state index contributed by atoms with van der Waals surface area (Å²) in [5, 5.41) is 8.39. The molecular weight excluding hydrogens is 216 g/mol. The van der Waals surface area contributed by atoms with Gasteiger partial charge in [-0.3, -0.25) is 4.79 Å². The van der Waals surface area contributed by atoms with Gasteiger partial charge in [-0.05, 0) is 18.6 Å². The highest BCUT2D eigenvalue weighted by atomic mass is 32.2. The van der Waals surface area contributed by atoms with Gasteiger partial charge >= 0.3 is 5.97 Å². The number of hydrogen-bond donors (Lipinski definition) is 1. The number of carbonyl (C=O) groups is 1. The number of aliphatic carboxylic acids is 1. The summed E-state index contributed by atoms with van der Waals surface area (Å²) >= 11 is 0. The predicted octanol–water partition coefficient (Wildman–Crippen LogP) is 1.33. The first kappa shape index (κ1) is 11.7. The maximum atomic E-state index is 11.6. The fraction of sp³-hybridized carbons (Fsp3) is 0.300. The maximum absolute atomic E-state index is 11.6. The Kier molecular flexibility index (Phi) is 3.85. The van der Waals surface area contributed by atoms with Crippen molar-refractivity contribution in [2.75, 3.05) is 5.75 Å². The molecule has 0 aliphatic carbocycles. The van der Waals surface area contributed by atoms with E-state index in [0.29, 0.717) is 0 Å². The lowest BCUT2D eigenvalue weighted by Crippen LogP contribution is -2.08. The molecule has 0 fully saturated rings. The maximum Gasteiger partial charge on any atom is 0.303 e. The number of rotatable bonds is 5. The summed E-state index contributed by atoms with van der Waals surface area (Å²) in [5.74, 6) is -1.10. The van der Waals surface area contributed by atoms with Gasteiger partial charge in [-0.25, -0.2) is 8.42 Å². The molecule has 0 saturated carbocycles. The molecule has 4 nitrogen and oxygen atoms in total. The van der Waals surface area contributed by atoms with Crippen molar-refractivity contribution in [2.45, 2.75) is 17.7 Å². The molecular formula is C10H12O4S. The van der Waals surface area contributed by atoms with Gasteiger partial charge in [-0.2, -0.15) is 0 Å². The fourth-order valence-electron chi connectivity index (χ4n) is 1.16. The number of hydrogen-bond acceptors (Lipinski definition) is 3. The molecule has 0 aromatic heterocycles. The third-order valence-corrected chi connectivity index (χ3v) is 3.72. The standard InChI is InChI=1S/C10H12O4S/c11-10(12)7-4-8-15(13,14)9-5-2-1-3-6-9/h1-3,5-6H,4,7-8H2,(H,11,12). The molecule has 1 aromatic rings. The second-order valence-electron chi connectivity index (χ2n) is 3.13. The Balaban J connectivity index is 2.65. The van der Waals surface area contributed by atoms with Crippen molar-refractivity contribution in [2.24, 2.45) is 0 Å². The highest BCUT2D eigenvalue weighted by Crippen LogP contribution is 2.11. The van der Waals surface area contributed by atoms with E-state index in [-0.39, 0.29) is 23.5 Å². The zero-order valence-corrected chi connectivity index (χ0v) is 8.90. The first-order chi connectivity index (χ1) is 7.02. The van der Waals surface area contributed by atoms with Crippen LogP contribution in [0, 0.1) is 0 Å². The predicted molar refractivity (Wildman–Crippen MR) is 55.4 cm³/mol. The van der Waals surface area contributed by atoms with Crippen LogP contribution >= 0.6 is 0 Å². The zero-order valence-electron chi connectivity index (χ0n) is 8.09. The Morgan fingerprint density at radius 3 is 2.33 bits per heavy atom. The lowest BCUT2D eigenvalue weighted by atomic mass is 10.3. The molecule has 0 atom stereocenters. The van der Waals surface area contributed by atoms with E-state index in [4.69, 9.17) is 5.11 Å². The normalized spacial score (nSPS) is 11.2. The van der Waals surface area contributed by atoms with Gasteiger partial charge < -0.3 is 5.11 Å². The quantitative estimate of drug-likeness (QED) is 0.825. The molecule has 0 spiro atoms. The lowest BCUT2D eigenvalue weighted by molar-refractivity contribution is -0.137. The van der Waals surface area contributed by atoms with Crippen molar-refractivity contribution in [1.82, 2.24) is 0 Å². The fourth-order valence-corrected chi connectivity index (χ4v) is 2.49. The average Bonchev–Trinajstić information content (AvgIpc) is 2.18. The molecule has 0 radical (unpaired) electrons. The van der Waals surface area contributed by atoms with Gasteiger partial charge in [0, 0.05) is 6.42 Å². The third-order valence-electron chi connectivity index (χ3n) is 1.91. The van der Waals surface area contributed by atoms with E-state index < -0.39 is 15.8 Å². The average molecular weight is 228 g/mol. The van der Waals surface area contributed by atoms with E-state index in [1.54, 1.807) is 18.2 Å². The molecule has 82 valence electrons. The van der Waals surface area contributed by atoms with E-state index in [2.05, 4.69) is 0 Å². The van der Waals surface area contributed by atoms with E-state index in [1.165, 1.54) is 12.1 Å². The Morgan fingerprint density at radius 2 is 1.80 bits per heavy atom. The van der Waals surface area contributed by atoms with Crippen LogP contribution in [0.1, 0.15) is 12.8 Å². The van der Waals surface area contributed by atoms with Gasteiger partial charge in [0.2, 0.25) is 0 Å². The highest BCUT2D eigenvalue weighted by Gasteiger charge is 2.13. The second kappa shape index (κ2) is 4.93.